The molecule has 1 fully saturated rings. The first kappa shape index (κ1) is 15.3. The zero-order valence-electron chi connectivity index (χ0n) is 11.4. The lowest BCUT2D eigenvalue weighted by Gasteiger charge is -2.19. The molecule has 1 aliphatic heterocycles. The Labute approximate surface area is 125 Å². The largest absolute Gasteiger partial charge is 0.459 e. The minimum atomic E-state index is -0.575. The number of halogens is 2. The molecule has 0 saturated carbocycles. The topological polar surface area (TPSA) is 61.5 Å². The van der Waals surface area contributed by atoms with Gasteiger partial charge in [0, 0.05) is 4.47 Å². The summed E-state index contributed by atoms with van der Waals surface area (Å²) in [5.41, 5.74) is 5.41. The third-order valence-corrected chi connectivity index (χ3v) is 3.92. The molecule has 0 aromatic heterocycles. The van der Waals surface area contributed by atoms with Crippen LogP contribution in [-0.4, -0.2) is 24.3 Å². The van der Waals surface area contributed by atoms with E-state index >= 15 is 0 Å². The molecule has 110 valence electrons. The molecule has 1 atom stereocenters. The van der Waals surface area contributed by atoms with E-state index in [-0.39, 0.29) is 29.6 Å². The molecule has 0 spiro atoms. The number of ether oxygens (including phenoxy) is 2. The maximum Gasteiger partial charge on any atom is 0.339 e. The Morgan fingerprint density at radius 3 is 2.90 bits per heavy atom. The monoisotopic (exact) mass is 345 g/mol. The summed E-state index contributed by atoms with van der Waals surface area (Å²) in [4.78, 5) is 12.0. The molecule has 1 aromatic rings. The van der Waals surface area contributed by atoms with Gasteiger partial charge in [-0.05, 0) is 54.8 Å². The number of anilines is 1. The Bertz CT molecular complexity index is 533. The van der Waals surface area contributed by atoms with Crippen LogP contribution in [-0.2, 0) is 9.47 Å². The molecule has 20 heavy (non-hydrogen) atoms. The molecule has 6 heteroatoms. The number of hydrogen-bond donors (Lipinski definition) is 1. The first-order valence-electron chi connectivity index (χ1n) is 6.38. The van der Waals surface area contributed by atoms with E-state index in [0.29, 0.717) is 4.47 Å². The SMILES string of the molecule is CC1(C)CCC(COC(=O)c2cc(N)c(F)cc2Br)O1. The second-order valence-electron chi connectivity index (χ2n) is 5.49. The van der Waals surface area contributed by atoms with Crippen molar-refractivity contribution >= 4 is 27.6 Å². The van der Waals surface area contributed by atoms with Gasteiger partial charge in [0.1, 0.15) is 12.4 Å². The van der Waals surface area contributed by atoms with Crippen molar-refractivity contribution in [1.29, 1.82) is 0 Å². The quantitative estimate of drug-likeness (QED) is 0.674. The number of benzene rings is 1. The van der Waals surface area contributed by atoms with Crippen molar-refractivity contribution < 1.29 is 18.7 Å². The van der Waals surface area contributed by atoms with Crippen molar-refractivity contribution in [2.45, 2.75) is 38.4 Å². The Hall–Kier alpha value is -1.14. The minimum Gasteiger partial charge on any atom is -0.459 e. The van der Waals surface area contributed by atoms with Gasteiger partial charge in [0.15, 0.2) is 0 Å². The molecule has 1 heterocycles. The molecular formula is C14H17BrFNO3. The van der Waals surface area contributed by atoms with Crippen molar-refractivity contribution in [2.24, 2.45) is 0 Å². The second kappa shape index (κ2) is 5.69. The van der Waals surface area contributed by atoms with E-state index in [0.717, 1.165) is 18.9 Å². The van der Waals surface area contributed by atoms with E-state index in [1.165, 1.54) is 6.07 Å². The number of hydrogen-bond acceptors (Lipinski definition) is 4. The van der Waals surface area contributed by atoms with E-state index in [2.05, 4.69) is 15.9 Å². The van der Waals surface area contributed by atoms with Crippen LogP contribution in [0.4, 0.5) is 10.1 Å². The van der Waals surface area contributed by atoms with Gasteiger partial charge in [-0.2, -0.15) is 0 Å². The maximum absolute atomic E-state index is 13.2. The molecule has 2 rings (SSSR count). The standard InChI is InChI=1S/C14H17BrFNO3/c1-14(2)4-3-8(20-14)7-19-13(18)9-5-12(17)11(16)6-10(9)15/h5-6,8H,3-4,7,17H2,1-2H3. The highest BCUT2D eigenvalue weighted by atomic mass is 79.9. The Morgan fingerprint density at radius 1 is 1.60 bits per heavy atom. The molecule has 0 amide bonds. The van der Waals surface area contributed by atoms with E-state index < -0.39 is 11.8 Å². The van der Waals surface area contributed by atoms with Crippen molar-refractivity contribution in [3.05, 3.63) is 28.0 Å². The normalized spacial score (nSPS) is 20.9. The highest BCUT2D eigenvalue weighted by molar-refractivity contribution is 9.10. The molecule has 0 bridgehead atoms. The summed E-state index contributed by atoms with van der Waals surface area (Å²) < 4.78 is 24.5. The van der Waals surface area contributed by atoms with Crippen LogP contribution in [0.3, 0.4) is 0 Å². The molecule has 2 N–H and O–H groups in total. The van der Waals surface area contributed by atoms with Crippen molar-refractivity contribution in [3.63, 3.8) is 0 Å². The number of rotatable bonds is 3. The summed E-state index contributed by atoms with van der Waals surface area (Å²) in [6.45, 7) is 4.20. The summed E-state index contributed by atoms with van der Waals surface area (Å²) in [6.07, 6.45) is 1.70. The lowest BCUT2D eigenvalue weighted by molar-refractivity contribution is -0.0445. The van der Waals surface area contributed by atoms with Gasteiger partial charge in [0.25, 0.3) is 0 Å². The van der Waals surface area contributed by atoms with Gasteiger partial charge < -0.3 is 15.2 Å². The Kier molecular flexibility index (Phi) is 4.34. The predicted octanol–water partition coefficient (Wildman–Crippen LogP) is 3.28. The molecule has 0 radical (unpaired) electrons. The van der Waals surface area contributed by atoms with Gasteiger partial charge in [0.2, 0.25) is 0 Å². The maximum atomic E-state index is 13.2. The lowest BCUT2D eigenvalue weighted by atomic mass is 10.1. The minimum absolute atomic E-state index is 0.0848. The van der Waals surface area contributed by atoms with Gasteiger partial charge in [-0.3, -0.25) is 0 Å². The molecule has 1 aromatic carbocycles. The summed E-state index contributed by atoms with van der Waals surface area (Å²) >= 11 is 3.13. The zero-order chi connectivity index (χ0) is 14.9. The Morgan fingerprint density at radius 2 is 2.30 bits per heavy atom. The third-order valence-electron chi connectivity index (χ3n) is 3.26. The average Bonchev–Trinajstić information content (AvgIpc) is 2.70. The fourth-order valence-corrected chi connectivity index (χ4v) is 2.64. The molecular weight excluding hydrogens is 329 g/mol. The van der Waals surface area contributed by atoms with Crippen molar-refractivity contribution in [3.8, 4) is 0 Å². The number of carbonyl (C=O) groups is 1. The fraction of sp³-hybridized carbons (Fsp3) is 0.500. The van der Waals surface area contributed by atoms with Crippen LogP contribution in [0, 0.1) is 5.82 Å². The summed E-state index contributed by atoms with van der Waals surface area (Å²) in [7, 11) is 0. The van der Waals surface area contributed by atoms with Crippen LogP contribution in [0.2, 0.25) is 0 Å². The molecule has 1 unspecified atom stereocenters. The number of nitrogen functional groups attached to an aromatic ring is 1. The van der Waals surface area contributed by atoms with E-state index in [1.54, 1.807) is 0 Å². The predicted molar refractivity (Wildman–Crippen MR) is 77.0 cm³/mol. The van der Waals surface area contributed by atoms with Gasteiger partial charge in [-0.15, -0.1) is 0 Å². The van der Waals surface area contributed by atoms with Crippen LogP contribution in [0.25, 0.3) is 0 Å². The smallest absolute Gasteiger partial charge is 0.339 e. The highest BCUT2D eigenvalue weighted by Gasteiger charge is 2.32. The summed E-state index contributed by atoms with van der Waals surface area (Å²) in [6, 6.07) is 2.42. The number of nitrogens with two attached hydrogens (primary N) is 1. The lowest BCUT2D eigenvalue weighted by Crippen LogP contribution is -2.24. The van der Waals surface area contributed by atoms with E-state index in [1.807, 2.05) is 13.8 Å². The molecule has 1 aliphatic rings. The first-order valence-corrected chi connectivity index (χ1v) is 7.17. The van der Waals surface area contributed by atoms with Crippen LogP contribution >= 0.6 is 15.9 Å². The summed E-state index contributed by atoms with van der Waals surface area (Å²) in [5.74, 6) is -1.12. The molecule has 0 aliphatic carbocycles. The van der Waals surface area contributed by atoms with Gasteiger partial charge in [0.05, 0.1) is 23.0 Å². The molecule has 1 saturated heterocycles. The number of carbonyl (C=O) groups excluding carboxylic acids is 1. The zero-order valence-corrected chi connectivity index (χ0v) is 13.0. The second-order valence-corrected chi connectivity index (χ2v) is 6.34. The average molecular weight is 346 g/mol. The number of esters is 1. The highest BCUT2D eigenvalue weighted by Crippen LogP contribution is 2.30. The fourth-order valence-electron chi connectivity index (χ4n) is 2.16. The van der Waals surface area contributed by atoms with E-state index in [9.17, 15) is 9.18 Å². The summed E-state index contributed by atoms with van der Waals surface area (Å²) in [5, 5.41) is 0. The van der Waals surface area contributed by atoms with Crippen molar-refractivity contribution in [2.75, 3.05) is 12.3 Å². The Balaban J connectivity index is 1.98. The third kappa shape index (κ3) is 3.49. The first-order chi connectivity index (χ1) is 9.28. The molecule has 4 nitrogen and oxygen atoms in total. The van der Waals surface area contributed by atoms with Crippen LogP contribution in [0.15, 0.2) is 16.6 Å². The van der Waals surface area contributed by atoms with Crippen LogP contribution in [0.1, 0.15) is 37.0 Å². The van der Waals surface area contributed by atoms with Gasteiger partial charge in [-0.1, -0.05) is 0 Å². The van der Waals surface area contributed by atoms with Crippen LogP contribution in [0.5, 0.6) is 0 Å². The van der Waals surface area contributed by atoms with Gasteiger partial charge >= 0.3 is 5.97 Å². The van der Waals surface area contributed by atoms with E-state index in [4.69, 9.17) is 15.2 Å². The van der Waals surface area contributed by atoms with Crippen molar-refractivity contribution in [1.82, 2.24) is 0 Å². The van der Waals surface area contributed by atoms with Gasteiger partial charge in [-0.25, -0.2) is 9.18 Å². The van der Waals surface area contributed by atoms with Crippen LogP contribution < -0.4 is 5.73 Å².